The number of amides is 1. The molecule has 0 saturated carbocycles. The summed E-state index contributed by atoms with van der Waals surface area (Å²) < 4.78 is 1.63. The molecule has 0 aliphatic rings. The first-order valence-corrected chi connectivity index (χ1v) is 12.3. The van der Waals surface area contributed by atoms with Crippen LogP contribution in [0, 0.1) is 0 Å². The number of nitrogens with one attached hydrogen (secondary N) is 1. The number of rotatable bonds is 7. The van der Waals surface area contributed by atoms with Crippen LogP contribution < -0.4 is 10.9 Å². The highest BCUT2D eigenvalue weighted by atomic mass is 32.2. The molecule has 0 spiro atoms. The summed E-state index contributed by atoms with van der Waals surface area (Å²) in [6.45, 7) is 3.81. The fraction of sp³-hybridized carbons (Fsp3) is 0.182. The fourth-order valence-electron chi connectivity index (χ4n) is 3.16. The molecule has 0 radical (unpaired) electrons. The van der Waals surface area contributed by atoms with Gasteiger partial charge < -0.3 is 5.32 Å². The molecule has 0 atom stereocenters. The van der Waals surface area contributed by atoms with Gasteiger partial charge in [-0.1, -0.05) is 17.8 Å². The highest BCUT2D eigenvalue weighted by Gasteiger charge is 2.18. The fourth-order valence-corrected chi connectivity index (χ4v) is 5.92. The number of thioether (sulfide) groups is 1. The van der Waals surface area contributed by atoms with Crippen LogP contribution in [0.5, 0.6) is 0 Å². The van der Waals surface area contributed by atoms with E-state index in [4.69, 9.17) is 4.98 Å². The largest absolute Gasteiger partial charge is 0.326 e. The lowest BCUT2D eigenvalue weighted by atomic mass is 10.1. The van der Waals surface area contributed by atoms with Gasteiger partial charge in [0.25, 0.3) is 5.56 Å². The van der Waals surface area contributed by atoms with Crippen molar-refractivity contribution in [3.05, 3.63) is 63.1 Å². The van der Waals surface area contributed by atoms with Crippen LogP contribution in [0.25, 0.3) is 20.7 Å². The number of hydrogen-bond donors (Lipinski definition) is 1. The van der Waals surface area contributed by atoms with E-state index in [0.717, 1.165) is 10.4 Å². The first-order valence-electron chi connectivity index (χ1n) is 9.57. The van der Waals surface area contributed by atoms with Gasteiger partial charge in [0.1, 0.15) is 4.83 Å². The maximum absolute atomic E-state index is 13.2. The number of nitrogens with zero attached hydrogens (tertiary/aromatic N) is 2. The number of fused-ring (bicyclic) bond motifs is 1. The van der Waals surface area contributed by atoms with Crippen molar-refractivity contribution in [2.75, 3.05) is 11.1 Å². The van der Waals surface area contributed by atoms with Gasteiger partial charge in [0, 0.05) is 40.5 Å². The zero-order valence-electron chi connectivity index (χ0n) is 16.9. The van der Waals surface area contributed by atoms with Crippen molar-refractivity contribution in [1.29, 1.82) is 0 Å². The van der Waals surface area contributed by atoms with Gasteiger partial charge in [-0.15, -0.1) is 22.7 Å². The molecule has 4 aromatic rings. The summed E-state index contributed by atoms with van der Waals surface area (Å²) in [6.07, 6.45) is 0. The molecule has 1 amide bonds. The van der Waals surface area contributed by atoms with Crippen LogP contribution in [-0.2, 0) is 11.3 Å². The van der Waals surface area contributed by atoms with Gasteiger partial charge in [-0.3, -0.25) is 19.0 Å². The zero-order valence-corrected chi connectivity index (χ0v) is 19.3. The second kappa shape index (κ2) is 9.17. The number of carbonyl (C=O) groups excluding carboxylic acids is 2. The molecule has 158 valence electrons. The molecule has 0 fully saturated rings. The Balaban J connectivity index is 1.58. The Kier molecular flexibility index (Phi) is 6.35. The van der Waals surface area contributed by atoms with E-state index >= 15 is 0 Å². The van der Waals surface area contributed by atoms with E-state index in [2.05, 4.69) is 5.32 Å². The molecule has 4 rings (SSSR count). The normalized spacial score (nSPS) is 11.0. The van der Waals surface area contributed by atoms with Crippen molar-refractivity contribution < 1.29 is 9.59 Å². The van der Waals surface area contributed by atoms with E-state index in [1.54, 1.807) is 40.2 Å². The number of Topliss-reactive ketones (excluding diaryl/α,β-unsaturated/α-hetero) is 1. The highest BCUT2D eigenvalue weighted by Crippen LogP contribution is 2.34. The van der Waals surface area contributed by atoms with E-state index in [1.165, 1.54) is 30.0 Å². The van der Waals surface area contributed by atoms with Gasteiger partial charge in [-0.25, -0.2) is 4.98 Å². The predicted octanol–water partition coefficient (Wildman–Crippen LogP) is 5.14. The van der Waals surface area contributed by atoms with Crippen molar-refractivity contribution in [3.63, 3.8) is 0 Å². The summed E-state index contributed by atoms with van der Waals surface area (Å²) >= 11 is 4.31. The maximum Gasteiger partial charge on any atom is 0.263 e. The Hall–Kier alpha value is -2.75. The summed E-state index contributed by atoms with van der Waals surface area (Å²) in [5, 5.41) is 7.82. The molecular weight excluding hydrogens is 450 g/mol. The molecular formula is C22H19N3O3S3. The molecule has 3 aromatic heterocycles. The Morgan fingerprint density at radius 1 is 1.16 bits per heavy atom. The average Bonchev–Trinajstić information content (AvgIpc) is 3.42. The third kappa shape index (κ3) is 4.48. The standard InChI is InChI=1S/C22H19N3O3S3/c1-3-25-21(28)19-16(18-5-4-10-29-18)11-30-20(19)24-22(25)31-12-17(27)14-6-8-15(9-7-14)23-13(2)26/h4-11H,3,12H2,1-2H3,(H,23,26). The molecule has 0 unspecified atom stereocenters. The summed E-state index contributed by atoms with van der Waals surface area (Å²) in [7, 11) is 0. The Morgan fingerprint density at radius 2 is 1.94 bits per heavy atom. The smallest absolute Gasteiger partial charge is 0.263 e. The molecule has 9 heteroatoms. The molecule has 0 aliphatic carbocycles. The predicted molar refractivity (Wildman–Crippen MR) is 129 cm³/mol. The number of ketones is 1. The van der Waals surface area contributed by atoms with E-state index in [0.29, 0.717) is 33.2 Å². The Labute approximate surface area is 191 Å². The van der Waals surface area contributed by atoms with Crippen molar-refractivity contribution in [3.8, 4) is 10.4 Å². The van der Waals surface area contributed by atoms with E-state index in [1.807, 2.05) is 29.8 Å². The van der Waals surface area contributed by atoms with Gasteiger partial charge in [-0.05, 0) is 42.6 Å². The first-order chi connectivity index (χ1) is 15.0. The topological polar surface area (TPSA) is 81.1 Å². The first kappa shape index (κ1) is 21.5. The van der Waals surface area contributed by atoms with Crippen LogP contribution in [-0.4, -0.2) is 27.0 Å². The quantitative estimate of drug-likeness (QED) is 0.230. The van der Waals surface area contributed by atoms with Crippen molar-refractivity contribution in [2.24, 2.45) is 0 Å². The molecule has 31 heavy (non-hydrogen) atoms. The minimum Gasteiger partial charge on any atom is -0.326 e. The van der Waals surface area contributed by atoms with Gasteiger partial charge in [0.2, 0.25) is 5.91 Å². The molecule has 1 N–H and O–H groups in total. The minimum atomic E-state index is -0.163. The summed E-state index contributed by atoms with van der Waals surface area (Å²) in [4.78, 5) is 43.4. The van der Waals surface area contributed by atoms with Crippen LogP contribution in [0.1, 0.15) is 24.2 Å². The van der Waals surface area contributed by atoms with Crippen LogP contribution >= 0.6 is 34.4 Å². The molecule has 0 saturated heterocycles. The number of benzene rings is 1. The number of carbonyl (C=O) groups is 2. The molecule has 3 heterocycles. The van der Waals surface area contributed by atoms with E-state index in [9.17, 15) is 14.4 Å². The number of thiophene rings is 2. The van der Waals surface area contributed by atoms with E-state index in [-0.39, 0.29) is 23.0 Å². The van der Waals surface area contributed by atoms with Gasteiger partial charge >= 0.3 is 0 Å². The van der Waals surface area contributed by atoms with Crippen LogP contribution in [0.2, 0.25) is 0 Å². The highest BCUT2D eigenvalue weighted by molar-refractivity contribution is 7.99. The summed E-state index contributed by atoms with van der Waals surface area (Å²) in [5.41, 5.74) is 2.03. The van der Waals surface area contributed by atoms with Gasteiger partial charge in [-0.2, -0.15) is 0 Å². The molecule has 1 aromatic carbocycles. The lowest BCUT2D eigenvalue weighted by Crippen LogP contribution is -2.22. The summed E-state index contributed by atoms with van der Waals surface area (Å²) in [6, 6.07) is 10.7. The molecule has 0 bridgehead atoms. The lowest BCUT2D eigenvalue weighted by molar-refractivity contribution is -0.114. The van der Waals surface area contributed by atoms with Gasteiger partial charge in [0.05, 0.1) is 11.1 Å². The minimum absolute atomic E-state index is 0.0678. The molecule has 6 nitrogen and oxygen atoms in total. The zero-order chi connectivity index (χ0) is 22.0. The maximum atomic E-state index is 13.2. The van der Waals surface area contributed by atoms with Crippen LogP contribution in [0.4, 0.5) is 5.69 Å². The average molecular weight is 470 g/mol. The third-order valence-corrected chi connectivity index (χ3v) is 7.37. The van der Waals surface area contributed by atoms with Crippen molar-refractivity contribution in [1.82, 2.24) is 9.55 Å². The second-order valence-electron chi connectivity index (χ2n) is 6.72. The van der Waals surface area contributed by atoms with Crippen LogP contribution in [0.15, 0.2) is 57.1 Å². The second-order valence-corrected chi connectivity index (χ2v) is 9.47. The number of aromatic nitrogens is 2. The lowest BCUT2D eigenvalue weighted by Gasteiger charge is -2.10. The Morgan fingerprint density at radius 3 is 2.58 bits per heavy atom. The van der Waals surface area contributed by atoms with Crippen molar-refractivity contribution in [2.45, 2.75) is 25.5 Å². The Bertz CT molecular complexity index is 1310. The van der Waals surface area contributed by atoms with Crippen molar-refractivity contribution >= 4 is 62.0 Å². The van der Waals surface area contributed by atoms with Gasteiger partial charge in [0.15, 0.2) is 10.9 Å². The summed E-state index contributed by atoms with van der Waals surface area (Å²) in [5.74, 6) is -0.0630. The third-order valence-electron chi connectivity index (χ3n) is 4.62. The van der Waals surface area contributed by atoms with E-state index < -0.39 is 0 Å². The number of anilines is 1. The SMILES string of the molecule is CCn1c(SCC(=O)c2ccc(NC(C)=O)cc2)nc2scc(-c3cccs3)c2c1=O. The monoisotopic (exact) mass is 469 g/mol. The van der Waals surface area contributed by atoms with Crippen LogP contribution in [0.3, 0.4) is 0 Å². The molecule has 0 aliphatic heterocycles. The number of hydrogen-bond acceptors (Lipinski definition) is 7.